The monoisotopic (exact) mass is 571 g/mol. The van der Waals surface area contributed by atoms with Gasteiger partial charge in [-0.05, 0) is 63.6 Å². The van der Waals surface area contributed by atoms with Gasteiger partial charge in [0.2, 0.25) is 11.8 Å². The van der Waals surface area contributed by atoms with Gasteiger partial charge in [0, 0.05) is 24.6 Å². The molecule has 8 heteroatoms. The van der Waals surface area contributed by atoms with Crippen molar-refractivity contribution in [3.63, 3.8) is 0 Å². The third kappa shape index (κ3) is 7.90. The first-order valence-corrected chi connectivity index (χ1v) is 14.5. The maximum Gasteiger partial charge on any atom is 0.408 e. The number of ether oxygens (including phenoxy) is 1. The van der Waals surface area contributed by atoms with E-state index in [1.54, 1.807) is 50.8 Å². The highest BCUT2D eigenvalue weighted by molar-refractivity contribution is 5.93. The lowest BCUT2D eigenvalue weighted by Crippen LogP contribution is -2.58. The first kappa shape index (κ1) is 30.6. The van der Waals surface area contributed by atoms with Crippen molar-refractivity contribution < 1.29 is 24.2 Å². The molecule has 1 saturated carbocycles. The van der Waals surface area contributed by atoms with Crippen molar-refractivity contribution in [2.75, 3.05) is 0 Å². The first-order chi connectivity index (χ1) is 20.0. The lowest BCUT2D eigenvalue weighted by atomic mass is 9.87. The van der Waals surface area contributed by atoms with Gasteiger partial charge >= 0.3 is 6.09 Å². The minimum atomic E-state index is -1.11. The van der Waals surface area contributed by atoms with Gasteiger partial charge in [-0.15, -0.1) is 0 Å². The van der Waals surface area contributed by atoms with Crippen LogP contribution in [0.5, 0.6) is 5.75 Å². The van der Waals surface area contributed by atoms with Gasteiger partial charge < -0.3 is 25.4 Å². The Kier molecular flexibility index (Phi) is 9.88. The number of carbonyl (C=O) groups is 3. The number of benzene rings is 3. The van der Waals surface area contributed by atoms with Gasteiger partial charge in [-0.3, -0.25) is 9.59 Å². The summed E-state index contributed by atoms with van der Waals surface area (Å²) >= 11 is 0. The summed E-state index contributed by atoms with van der Waals surface area (Å²) in [5.41, 5.74) is 1.95. The van der Waals surface area contributed by atoms with Gasteiger partial charge in [0.1, 0.15) is 23.4 Å². The normalized spacial score (nSPS) is 14.7. The van der Waals surface area contributed by atoms with Gasteiger partial charge in [-0.2, -0.15) is 0 Å². The molecule has 0 spiro atoms. The number of aryl methyl sites for hydroxylation is 1. The van der Waals surface area contributed by atoms with Crippen LogP contribution in [0.15, 0.2) is 78.9 Å². The Morgan fingerprint density at radius 2 is 1.55 bits per heavy atom. The van der Waals surface area contributed by atoms with E-state index in [2.05, 4.69) is 10.6 Å². The number of phenols is 1. The van der Waals surface area contributed by atoms with Crippen molar-refractivity contribution >= 4 is 17.9 Å². The van der Waals surface area contributed by atoms with Crippen LogP contribution in [-0.4, -0.2) is 45.6 Å². The number of phenolic OH excluding ortho intramolecular Hbond substituents is 1. The molecule has 0 bridgehead atoms. The minimum Gasteiger partial charge on any atom is -0.507 e. The molecule has 0 heterocycles. The molecule has 3 aromatic carbocycles. The number of hydrogen-bond acceptors (Lipinski definition) is 5. The van der Waals surface area contributed by atoms with Crippen LogP contribution in [0.2, 0.25) is 0 Å². The van der Waals surface area contributed by atoms with E-state index >= 15 is 0 Å². The zero-order valence-electron chi connectivity index (χ0n) is 24.8. The van der Waals surface area contributed by atoms with E-state index in [4.69, 9.17) is 4.74 Å². The zero-order valence-corrected chi connectivity index (χ0v) is 24.8. The molecule has 1 fully saturated rings. The van der Waals surface area contributed by atoms with Crippen LogP contribution in [0.25, 0.3) is 0 Å². The van der Waals surface area contributed by atoms with Crippen LogP contribution in [0.3, 0.4) is 0 Å². The minimum absolute atomic E-state index is 0.0332. The average Bonchev–Trinajstić information content (AvgIpc) is 2.92. The maximum absolute atomic E-state index is 14.6. The van der Waals surface area contributed by atoms with E-state index in [1.807, 2.05) is 60.7 Å². The van der Waals surface area contributed by atoms with E-state index in [9.17, 15) is 19.5 Å². The van der Waals surface area contributed by atoms with Gasteiger partial charge in [-0.25, -0.2) is 4.79 Å². The predicted octanol–water partition coefficient (Wildman–Crippen LogP) is 5.58. The van der Waals surface area contributed by atoms with Crippen molar-refractivity contribution in [1.82, 2.24) is 15.5 Å². The smallest absolute Gasteiger partial charge is 0.408 e. The van der Waals surface area contributed by atoms with Crippen LogP contribution in [0.4, 0.5) is 4.79 Å². The number of nitrogens with one attached hydrogen (secondary N) is 2. The van der Waals surface area contributed by atoms with Crippen LogP contribution in [-0.2, 0) is 27.3 Å². The quantitative estimate of drug-likeness (QED) is 0.295. The lowest BCUT2D eigenvalue weighted by molar-refractivity contribution is -0.147. The molecule has 0 radical (unpaired) electrons. The second kappa shape index (κ2) is 13.6. The Morgan fingerprint density at radius 1 is 0.929 bits per heavy atom. The number of para-hydroxylation sites is 1. The molecule has 4 rings (SSSR count). The fourth-order valence-electron chi connectivity index (χ4n) is 5.06. The molecule has 222 valence electrons. The fourth-order valence-corrected chi connectivity index (χ4v) is 5.06. The summed E-state index contributed by atoms with van der Waals surface area (Å²) in [6, 6.07) is 21.8. The Hall–Kier alpha value is -4.33. The van der Waals surface area contributed by atoms with E-state index < -0.39 is 35.6 Å². The number of amides is 3. The molecule has 3 amide bonds. The third-order valence-corrected chi connectivity index (χ3v) is 7.39. The Bertz CT molecular complexity index is 1370. The van der Waals surface area contributed by atoms with Crippen LogP contribution in [0.1, 0.15) is 68.3 Å². The largest absolute Gasteiger partial charge is 0.507 e. The zero-order chi connectivity index (χ0) is 30.3. The molecule has 8 nitrogen and oxygen atoms in total. The summed E-state index contributed by atoms with van der Waals surface area (Å²) in [5.74, 6) is -0.847. The van der Waals surface area contributed by atoms with Crippen molar-refractivity contribution in [3.05, 3.63) is 101 Å². The lowest BCUT2D eigenvalue weighted by Gasteiger charge is -2.43. The van der Waals surface area contributed by atoms with E-state index in [0.717, 1.165) is 17.5 Å². The van der Waals surface area contributed by atoms with E-state index in [-0.39, 0.29) is 24.8 Å². The molecule has 42 heavy (non-hydrogen) atoms. The Morgan fingerprint density at radius 3 is 2.12 bits per heavy atom. The first-order valence-electron chi connectivity index (χ1n) is 14.5. The third-order valence-electron chi connectivity index (χ3n) is 7.39. The second-order valence-electron chi connectivity index (χ2n) is 11.8. The Labute approximate surface area is 248 Å². The average molecular weight is 572 g/mol. The van der Waals surface area contributed by atoms with Gasteiger partial charge in [0.15, 0.2) is 0 Å². The summed E-state index contributed by atoms with van der Waals surface area (Å²) in [6.45, 7) is 7.30. The number of rotatable bonds is 10. The fraction of sp³-hybridized carbons (Fsp3) is 0.382. The van der Waals surface area contributed by atoms with Crippen LogP contribution < -0.4 is 10.6 Å². The van der Waals surface area contributed by atoms with E-state index in [1.165, 1.54) is 0 Å². The summed E-state index contributed by atoms with van der Waals surface area (Å²) in [6.07, 6.45) is 1.83. The van der Waals surface area contributed by atoms with Crippen molar-refractivity contribution in [1.29, 1.82) is 0 Å². The molecular formula is C34H41N3O5. The SMILES string of the molecule is Cc1cccc(C(C(=O)NCc2ccccc2)N(C(=O)C(Cc2ccccc2)NC(=O)OC(C)(C)C)C2CCC2)c1O. The molecule has 1 aliphatic carbocycles. The molecular weight excluding hydrogens is 530 g/mol. The molecule has 0 aromatic heterocycles. The summed E-state index contributed by atoms with van der Waals surface area (Å²) in [7, 11) is 0. The molecule has 3 N–H and O–H groups in total. The summed E-state index contributed by atoms with van der Waals surface area (Å²) in [4.78, 5) is 43.1. The highest BCUT2D eigenvalue weighted by Crippen LogP contribution is 2.38. The van der Waals surface area contributed by atoms with Crippen LogP contribution >= 0.6 is 0 Å². The van der Waals surface area contributed by atoms with E-state index in [0.29, 0.717) is 24.0 Å². The molecule has 0 aliphatic heterocycles. The predicted molar refractivity (Wildman–Crippen MR) is 162 cm³/mol. The summed E-state index contributed by atoms with van der Waals surface area (Å²) < 4.78 is 5.51. The highest BCUT2D eigenvalue weighted by Gasteiger charge is 2.43. The second-order valence-corrected chi connectivity index (χ2v) is 11.8. The molecule has 2 atom stereocenters. The summed E-state index contributed by atoms with van der Waals surface area (Å²) in [5, 5.41) is 16.9. The number of alkyl carbamates (subject to hydrolysis) is 1. The van der Waals surface area contributed by atoms with Gasteiger partial charge in [0.05, 0.1) is 0 Å². The molecule has 2 unspecified atom stereocenters. The van der Waals surface area contributed by atoms with Crippen molar-refractivity contribution in [3.8, 4) is 5.75 Å². The molecule has 1 aliphatic rings. The number of hydrogen-bond donors (Lipinski definition) is 3. The maximum atomic E-state index is 14.6. The van der Waals surface area contributed by atoms with Gasteiger partial charge in [-0.1, -0.05) is 78.9 Å². The van der Waals surface area contributed by atoms with Crippen LogP contribution in [0, 0.1) is 6.92 Å². The standard InChI is InChI=1S/C34H41N3O5/c1-23-13-11-20-27(30(23)38)29(31(39)35-22-25-16-9-6-10-17-25)37(26-18-12-19-26)32(40)28(21-24-14-7-5-8-15-24)36-33(41)42-34(2,3)4/h5-11,13-17,20,26,28-29,38H,12,18-19,21-22H2,1-4H3,(H,35,39)(H,36,41). The number of carbonyl (C=O) groups excluding carboxylic acids is 3. The molecule has 3 aromatic rings. The van der Waals surface area contributed by atoms with Crippen molar-refractivity contribution in [2.24, 2.45) is 0 Å². The number of nitrogens with zero attached hydrogens (tertiary/aromatic N) is 1. The highest BCUT2D eigenvalue weighted by atomic mass is 16.6. The topological polar surface area (TPSA) is 108 Å². The Balaban J connectivity index is 1.73. The van der Waals surface area contributed by atoms with Crippen molar-refractivity contribution in [2.45, 2.75) is 83.6 Å². The number of aromatic hydroxyl groups is 1. The molecule has 0 saturated heterocycles. The van der Waals surface area contributed by atoms with Gasteiger partial charge in [0.25, 0.3) is 0 Å².